The fourth-order valence-corrected chi connectivity index (χ4v) is 5.28. The molecule has 1 saturated carbocycles. The highest BCUT2D eigenvalue weighted by Crippen LogP contribution is 2.50. The molecule has 0 unspecified atom stereocenters. The number of hydrogen-bond acceptors (Lipinski definition) is 7. The average molecular weight is 501 g/mol. The minimum atomic E-state index is -1.36. The molecule has 0 atom stereocenters. The summed E-state index contributed by atoms with van der Waals surface area (Å²) in [7, 11) is 1.45. The number of oxime groups is 1. The van der Waals surface area contributed by atoms with Crippen LogP contribution in [0.5, 0.6) is 0 Å². The lowest BCUT2D eigenvalue weighted by Gasteiger charge is -2.47. The van der Waals surface area contributed by atoms with Gasteiger partial charge in [-0.2, -0.15) is 0 Å². The summed E-state index contributed by atoms with van der Waals surface area (Å²) < 4.78 is 21.2. The zero-order valence-corrected chi connectivity index (χ0v) is 20.7. The van der Waals surface area contributed by atoms with Gasteiger partial charge in [-0.15, -0.1) is 0 Å². The molecule has 2 aliphatic heterocycles. The topological polar surface area (TPSA) is 125 Å². The number of aromatic nitrogens is 1. The Balaban J connectivity index is 1.52. The molecule has 192 valence electrons. The van der Waals surface area contributed by atoms with E-state index in [1.165, 1.54) is 13.3 Å². The average Bonchev–Trinajstić information content (AvgIpc) is 3.52. The summed E-state index contributed by atoms with van der Waals surface area (Å²) in [5.41, 5.74) is -0.0418. The van der Waals surface area contributed by atoms with Crippen molar-refractivity contribution in [2.24, 2.45) is 10.6 Å². The van der Waals surface area contributed by atoms with Crippen LogP contribution < -0.4 is 10.3 Å². The summed E-state index contributed by atoms with van der Waals surface area (Å²) in [6, 6.07) is 1.12. The number of benzene rings is 1. The molecule has 2 aromatic rings. The Morgan fingerprint density at radius 1 is 1.25 bits per heavy atom. The van der Waals surface area contributed by atoms with Crippen molar-refractivity contribution in [3.8, 4) is 0 Å². The number of carbonyl (C=O) groups excluding carboxylic acids is 1. The molecule has 2 saturated heterocycles. The number of rotatable bonds is 4. The molecule has 36 heavy (non-hydrogen) atoms. The molecular weight excluding hydrogens is 471 g/mol. The van der Waals surface area contributed by atoms with Gasteiger partial charge < -0.3 is 29.5 Å². The van der Waals surface area contributed by atoms with Gasteiger partial charge in [0.25, 0.3) is 0 Å². The fourth-order valence-electron chi connectivity index (χ4n) is 5.28. The fraction of sp³-hybridized carbons (Fsp3) is 0.520. The molecule has 3 aliphatic rings. The van der Waals surface area contributed by atoms with E-state index in [4.69, 9.17) is 9.57 Å². The maximum atomic E-state index is 15.7. The van der Waals surface area contributed by atoms with Crippen LogP contribution in [-0.2, 0) is 9.57 Å². The molecule has 10 nitrogen and oxygen atoms in total. The van der Waals surface area contributed by atoms with Gasteiger partial charge in [-0.1, -0.05) is 5.16 Å². The van der Waals surface area contributed by atoms with Crippen molar-refractivity contribution in [1.29, 1.82) is 0 Å². The largest absolute Gasteiger partial charge is 0.477 e. The van der Waals surface area contributed by atoms with E-state index in [-0.39, 0.29) is 11.3 Å². The summed E-state index contributed by atoms with van der Waals surface area (Å²) in [4.78, 5) is 48.3. The van der Waals surface area contributed by atoms with E-state index in [2.05, 4.69) is 10.1 Å². The summed E-state index contributed by atoms with van der Waals surface area (Å²) in [6.07, 6.45) is 2.46. The second kappa shape index (κ2) is 8.21. The lowest BCUT2D eigenvalue weighted by atomic mass is 9.78. The Hall–Kier alpha value is -3.63. The van der Waals surface area contributed by atoms with Gasteiger partial charge in [0.2, 0.25) is 5.43 Å². The number of nitrogens with one attached hydrogen (secondary N) is 1. The first kappa shape index (κ1) is 24.1. The number of hydrogen-bond donors (Lipinski definition) is 2. The molecule has 1 aliphatic carbocycles. The normalized spacial score (nSPS) is 20.2. The highest BCUT2D eigenvalue weighted by Gasteiger charge is 2.56. The number of carboxylic acid groups (broad SMARTS) is 1. The Morgan fingerprint density at radius 2 is 1.94 bits per heavy atom. The zero-order chi connectivity index (χ0) is 26.0. The molecular formula is C25H29FN4O6. The number of H-pyrrole nitrogens is 1. The Bertz CT molecular complexity index is 1350. The molecule has 2 N–H and O–H groups in total. The maximum absolute atomic E-state index is 15.7. The standard InChI is InChI=1S/C25H29FN4O6/c1-24(2,3)36-23(34)30-11-25(12-30)10-29(9-17(25)28-35-4)20-16(26)7-14-19(18(20)13-5-6-13)27-8-15(21(14)31)22(32)33/h7-8,13H,5-6,9-12H2,1-4H3,(H,27,31)(H,32,33). The highest BCUT2D eigenvalue weighted by molar-refractivity contribution is 6.01. The summed E-state index contributed by atoms with van der Waals surface area (Å²) >= 11 is 0. The van der Waals surface area contributed by atoms with Crippen molar-refractivity contribution in [1.82, 2.24) is 9.88 Å². The number of nitrogens with zero attached hydrogens (tertiary/aromatic N) is 3. The van der Waals surface area contributed by atoms with Gasteiger partial charge in [-0.05, 0) is 45.6 Å². The van der Waals surface area contributed by atoms with E-state index in [1.54, 1.807) is 25.7 Å². The number of pyridine rings is 1. The van der Waals surface area contributed by atoms with E-state index < -0.39 is 39.9 Å². The molecule has 1 aromatic heterocycles. The number of halogens is 1. The molecule has 1 aromatic carbocycles. The predicted molar refractivity (Wildman–Crippen MR) is 130 cm³/mol. The van der Waals surface area contributed by atoms with Crippen LogP contribution in [0.2, 0.25) is 0 Å². The number of carbonyl (C=O) groups is 2. The zero-order valence-electron chi connectivity index (χ0n) is 20.7. The first-order valence-corrected chi connectivity index (χ1v) is 11.9. The van der Waals surface area contributed by atoms with Gasteiger partial charge in [-0.25, -0.2) is 14.0 Å². The molecule has 1 amide bonds. The summed E-state index contributed by atoms with van der Waals surface area (Å²) in [5.74, 6) is -1.89. The molecule has 11 heteroatoms. The summed E-state index contributed by atoms with van der Waals surface area (Å²) in [5, 5.41) is 13.6. The number of likely N-dealkylation sites (tertiary alicyclic amines) is 1. The lowest BCUT2D eigenvalue weighted by Crippen LogP contribution is -2.63. The molecule has 3 fully saturated rings. The van der Waals surface area contributed by atoms with Gasteiger partial charge in [0.1, 0.15) is 24.1 Å². The van der Waals surface area contributed by atoms with E-state index in [9.17, 15) is 19.5 Å². The number of carboxylic acids is 1. The van der Waals surface area contributed by atoms with Crippen molar-refractivity contribution in [3.05, 3.63) is 39.4 Å². The Labute approximate surface area is 206 Å². The SMILES string of the molecule is CON=C1CN(c2c(F)cc3c(=O)c(C(=O)O)c[nH]c3c2C2CC2)CC12CN(C(=O)OC(C)(C)C)C2. The Morgan fingerprint density at radius 3 is 2.53 bits per heavy atom. The molecule has 0 radical (unpaired) electrons. The predicted octanol–water partition coefficient (Wildman–Crippen LogP) is 3.30. The lowest BCUT2D eigenvalue weighted by molar-refractivity contribution is -0.0102. The number of aromatic carboxylic acids is 1. The van der Waals surface area contributed by atoms with Gasteiger partial charge in [0.15, 0.2) is 0 Å². The first-order chi connectivity index (χ1) is 16.9. The molecule has 1 spiro atoms. The minimum Gasteiger partial charge on any atom is -0.477 e. The number of aromatic amines is 1. The van der Waals surface area contributed by atoms with Crippen LogP contribution in [0.4, 0.5) is 14.9 Å². The third-order valence-electron chi connectivity index (χ3n) is 6.96. The van der Waals surface area contributed by atoms with Crippen molar-refractivity contribution in [3.63, 3.8) is 0 Å². The van der Waals surface area contributed by atoms with Crippen LogP contribution in [0.3, 0.4) is 0 Å². The van der Waals surface area contributed by atoms with Crippen molar-refractivity contribution >= 4 is 34.4 Å². The van der Waals surface area contributed by atoms with Crippen molar-refractivity contribution < 1.29 is 28.7 Å². The quantitative estimate of drug-likeness (QED) is 0.617. The van der Waals surface area contributed by atoms with E-state index in [0.717, 1.165) is 18.9 Å². The van der Waals surface area contributed by atoms with E-state index >= 15 is 4.39 Å². The monoisotopic (exact) mass is 500 g/mol. The van der Waals surface area contributed by atoms with Crippen LogP contribution in [0, 0.1) is 11.2 Å². The van der Waals surface area contributed by atoms with Gasteiger partial charge in [-0.3, -0.25) is 4.79 Å². The number of ether oxygens (including phenoxy) is 1. The van der Waals surface area contributed by atoms with Crippen LogP contribution in [-0.4, -0.2) is 71.7 Å². The molecule has 3 heterocycles. The smallest absolute Gasteiger partial charge is 0.410 e. The van der Waals surface area contributed by atoms with Gasteiger partial charge in [0, 0.05) is 36.8 Å². The third kappa shape index (κ3) is 3.96. The van der Waals surface area contributed by atoms with Crippen LogP contribution >= 0.6 is 0 Å². The van der Waals surface area contributed by atoms with Gasteiger partial charge in [0.05, 0.1) is 28.9 Å². The number of amides is 1. The molecule has 0 bridgehead atoms. The van der Waals surface area contributed by atoms with Gasteiger partial charge >= 0.3 is 12.1 Å². The number of fused-ring (bicyclic) bond motifs is 1. The Kier molecular flexibility index (Phi) is 5.49. The van der Waals surface area contributed by atoms with Crippen LogP contribution in [0.1, 0.15) is 55.5 Å². The van der Waals surface area contributed by atoms with Crippen molar-refractivity contribution in [2.45, 2.75) is 45.1 Å². The van der Waals surface area contributed by atoms with Crippen LogP contribution in [0.15, 0.2) is 22.2 Å². The summed E-state index contributed by atoms with van der Waals surface area (Å²) in [6.45, 7) is 6.87. The second-order valence-electron chi connectivity index (χ2n) is 10.8. The third-order valence-corrected chi connectivity index (χ3v) is 6.96. The highest BCUT2D eigenvalue weighted by atomic mass is 19.1. The van der Waals surface area contributed by atoms with Crippen LogP contribution in [0.25, 0.3) is 10.9 Å². The molecule has 5 rings (SSSR count). The van der Waals surface area contributed by atoms with E-state index in [0.29, 0.717) is 48.7 Å². The minimum absolute atomic E-state index is 0.0255. The first-order valence-electron chi connectivity index (χ1n) is 11.9. The van der Waals surface area contributed by atoms with E-state index in [1.807, 2.05) is 4.90 Å². The maximum Gasteiger partial charge on any atom is 0.410 e. The second-order valence-corrected chi connectivity index (χ2v) is 10.8. The number of anilines is 1. The van der Waals surface area contributed by atoms with Crippen molar-refractivity contribution in [2.75, 3.05) is 38.2 Å².